The van der Waals surface area contributed by atoms with Gasteiger partial charge < -0.3 is 29.9 Å². The molecule has 188 valence electrons. The smallest absolute Gasteiger partial charge is 0.255 e. The predicted molar refractivity (Wildman–Crippen MR) is 143 cm³/mol. The maximum atomic E-state index is 13.1. The second kappa shape index (κ2) is 11.6. The minimum absolute atomic E-state index is 0.290. The molecule has 1 fully saturated rings. The van der Waals surface area contributed by atoms with Gasteiger partial charge in [0.15, 0.2) is 0 Å². The van der Waals surface area contributed by atoms with Crippen molar-refractivity contribution in [2.45, 2.75) is 6.42 Å². The highest BCUT2D eigenvalue weighted by molar-refractivity contribution is 6.11. The minimum atomic E-state index is -0.311. The van der Waals surface area contributed by atoms with Crippen molar-refractivity contribution in [3.63, 3.8) is 0 Å². The van der Waals surface area contributed by atoms with Gasteiger partial charge in [0.2, 0.25) is 0 Å². The molecule has 0 bridgehead atoms. The first kappa shape index (κ1) is 25.1. The lowest BCUT2D eigenvalue weighted by atomic mass is 10.1. The fourth-order valence-electron chi connectivity index (χ4n) is 4.19. The quantitative estimate of drug-likeness (QED) is 0.515. The molecule has 0 spiro atoms. The lowest BCUT2D eigenvalue weighted by Crippen LogP contribution is -2.28. The Labute approximate surface area is 211 Å². The highest BCUT2D eigenvalue weighted by Crippen LogP contribution is 2.33. The molecule has 0 aromatic heterocycles. The summed E-state index contributed by atoms with van der Waals surface area (Å²) in [5, 5.41) is 5.79. The van der Waals surface area contributed by atoms with Gasteiger partial charge in [0, 0.05) is 36.4 Å². The Morgan fingerprint density at radius 1 is 0.750 bits per heavy atom. The number of benzene rings is 3. The molecule has 3 aromatic rings. The number of carbonyl (C=O) groups is 2. The SMILES string of the molecule is COc1ccc(C(=O)Nc2cccc(OC)c2NC(=O)c2ccc(N3CCCN(C)CC3)cc2)cc1. The zero-order valence-electron chi connectivity index (χ0n) is 20.9. The Kier molecular flexibility index (Phi) is 8.07. The predicted octanol–water partition coefficient (Wildman–Crippen LogP) is 4.35. The van der Waals surface area contributed by atoms with Crippen molar-refractivity contribution in [3.8, 4) is 11.5 Å². The summed E-state index contributed by atoms with van der Waals surface area (Å²) in [5.41, 5.74) is 2.92. The van der Waals surface area contributed by atoms with Crippen LogP contribution in [0.5, 0.6) is 11.5 Å². The van der Waals surface area contributed by atoms with Crippen LogP contribution in [0.4, 0.5) is 17.1 Å². The van der Waals surface area contributed by atoms with Crippen LogP contribution in [0.25, 0.3) is 0 Å². The average Bonchev–Trinajstić information content (AvgIpc) is 3.14. The van der Waals surface area contributed by atoms with Gasteiger partial charge in [0.25, 0.3) is 11.8 Å². The maximum absolute atomic E-state index is 13.1. The van der Waals surface area contributed by atoms with E-state index in [-0.39, 0.29) is 11.8 Å². The lowest BCUT2D eigenvalue weighted by molar-refractivity contribution is 0.101. The number of hydrogen-bond acceptors (Lipinski definition) is 6. The number of para-hydroxylation sites is 1. The Morgan fingerprint density at radius 2 is 1.42 bits per heavy atom. The largest absolute Gasteiger partial charge is 0.497 e. The van der Waals surface area contributed by atoms with Gasteiger partial charge in [-0.25, -0.2) is 0 Å². The van der Waals surface area contributed by atoms with Crippen LogP contribution in [-0.2, 0) is 0 Å². The van der Waals surface area contributed by atoms with E-state index in [0.717, 1.165) is 38.3 Å². The van der Waals surface area contributed by atoms with Gasteiger partial charge in [-0.1, -0.05) is 6.07 Å². The topological polar surface area (TPSA) is 83.1 Å². The zero-order chi connectivity index (χ0) is 25.5. The van der Waals surface area contributed by atoms with Gasteiger partial charge in [0.1, 0.15) is 17.2 Å². The summed E-state index contributed by atoms with van der Waals surface area (Å²) in [6, 6.07) is 19.6. The molecule has 1 aliphatic rings. The first-order valence-corrected chi connectivity index (χ1v) is 12.0. The first-order chi connectivity index (χ1) is 17.5. The second-order valence-corrected chi connectivity index (χ2v) is 8.71. The summed E-state index contributed by atoms with van der Waals surface area (Å²) >= 11 is 0. The van der Waals surface area contributed by atoms with Crippen LogP contribution in [-0.4, -0.2) is 64.2 Å². The highest BCUT2D eigenvalue weighted by atomic mass is 16.5. The first-order valence-electron chi connectivity index (χ1n) is 12.0. The Morgan fingerprint density at radius 3 is 2.08 bits per heavy atom. The van der Waals surface area contributed by atoms with Gasteiger partial charge in [-0.3, -0.25) is 9.59 Å². The van der Waals surface area contributed by atoms with E-state index in [1.165, 1.54) is 7.11 Å². The van der Waals surface area contributed by atoms with Crippen molar-refractivity contribution < 1.29 is 19.1 Å². The van der Waals surface area contributed by atoms with Crippen LogP contribution in [0.15, 0.2) is 66.7 Å². The molecule has 0 aliphatic carbocycles. The highest BCUT2D eigenvalue weighted by Gasteiger charge is 2.18. The van der Waals surface area contributed by atoms with E-state index in [1.807, 2.05) is 24.3 Å². The number of nitrogens with one attached hydrogen (secondary N) is 2. The van der Waals surface area contributed by atoms with Crippen LogP contribution in [0.2, 0.25) is 0 Å². The van der Waals surface area contributed by atoms with Crippen molar-refractivity contribution in [1.82, 2.24) is 4.90 Å². The third-order valence-electron chi connectivity index (χ3n) is 6.30. The van der Waals surface area contributed by atoms with Crippen LogP contribution in [0.3, 0.4) is 0 Å². The van der Waals surface area contributed by atoms with Gasteiger partial charge in [-0.05, 0) is 80.7 Å². The van der Waals surface area contributed by atoms with Crippen LogP contribution < -0.4 is 25.0 Å². The second-order valence-electron chi connectivity index (χ2n) is 8.71. The van der Waals surface area contributed by atoms with Gasteiger partial charge in [0.05, 0.1) is 19.9 Å². The molecule has 8 nitrogen and oxygen atoms in total. The van der Waals surface area contributed by atoms with Crippen molar-refractivity contribution in [2.75, 3.05) is 63.0 Å². The van der Waals surface area contributed by atoms with E-state index in [0.29, 0.717) is 34.0 Å². The van der Waals surface area contributed by atoms with E-state index in [2.05, 4.69) is 27.5 Å². The molecule has 2 N–H and O–H groups in total. The number of anilines is 3. The number of nitrogens with zero attached hydrogens (tertiary/aromatic N) is 2. The van der Waals surface area contributed by atoms with Gasteiger partial charge >= 0.3 is 0 Å². The van der Waals surface area contributed by atoms with Crippen molar-refractivity contribution in [2.24, 2.45) is 0 Å². The molecule has 0 saturated carbocycles. The number of likely N-dealkylation sites (N-methyl/N-ethyl adjacent to an activating group) is 1. The minimum Gasteiger partial charge on any atom is -0.497 e. The van der Waals surface area contributed by atoms with Gasteiger partial charge in [-0.2, -0.15) is 0 Å². The molecule has 0 atom stereocenters. The van der Waals surface area contributed by atoms with E-state index in [4.69, 9.17) is 9.47 Å². The normalized spacial score (nSPS) is 14.0. The standard InChI is InChI=1S/C28H32N4O4/c1-31-16-5-17-32(19-18-31)22-12-8-20(9-13-22)28(34)30-26-24(6-4-7-25(26)36-3)29-27(33)21-10-14-23(35-2)15-11-21/h4,6-15H,5,16-19H2,1-3H3,(H,29,33)(H,30,34). The number of hydrogen-bond donors (Lipinski definition) is 2. The molecule has 1 aliphatic heterocycles. The molecular formula is C28H32N4O4. The van der Waals surface area contributed by atoms with Crippen molar-refractivity contribution in [1.29, 1.82) is 0 Å². The summed E-state index contributed by atoms with van der Waals surface area (Å²) in [6.07, 6.45) is 1.11. The molecule has 1 heterocycles. The third-order valence-corrected chi connectivity index (χ3v) is 6.30. The fourth-order valence-corrected chi connectivity index (χ4v) is 4.19. The number of amides is 2. The Bertz CT molecular complexity index is 1200. The van der Waals surface area contributed by atoms with E-state index >= 15 is 0 Å². The fraction of sp³-hybridized carbons (Fsp3) is 0.286. The summed E-state index contributed by atoms with van der Waals surface area (Å²) in [5.74, 6) is 0.506. The molecule has 36 heavy (non-hydrogen) atoms. The van der Waals surface area contributed by atoms with Crippen molar-refractivity contribution >= 4 is 28.9 Å². The van der Waals surface area contributed by atoms with Crippen LogP contribution in [0.1, 0.15) is 27.1 Å². The van der Waals surface area contributed by atoms with E-state index in [9.17, 15) is 9.59 Å². The van der Waals surface area contributed by atoms with Crippen LogP contribution >= 0.6 is 0 Å². The molecule has 1 saturated heterocycles. The molecule has 3 aromatic carbocycles. The van der Waals surface area contributed by atoms with Crippen molar-refractivity contribution in [3.05, 3.63) is 77.9 Å². The Hall–Kier alpha value is -4.04. The van der Waals surface area contributed by atoms with E-state index < -0.39 is 0 Å². The summed E-state index contributed by atoms with van der Waals surface area (Å²) < 4.78 is 10.6. The molecule has 2 amide bonds. The average molecular weight is 489 g/mol. The summed E-state index contributed by atoms with van der Waals surface area (Å²) in [4.78, 5) is 30.7. The summed E-state index contributed by atoms with van der Waals surface area (Å²) in [7, 11) is 5.23. The van der Waals surface area contributed by atoms with Gasteiger partial charge in [-0.15, -0.1) is 0 Å². The Balaban J connectivity index is 1.49. The number of ether oxygens (including phenoxy) is 2. The number of rotatable bonds is 7. The zero-order valence-corrected chi connectivity index (χ0v) is 20.9. The molecular weight excluding hydrogens is 456 g/mol. The van der Waals surface area contributed by atoms with Crippen LogP contribution in [0, 0.1) is 0 Å². The molecule has 0 radical (unpaired) electrons. The third kappa shape index (κ3) is 5.95. The molecule has 0 unspecified atom stereocenters. The van der Waals surface area contributed by atoms with E-state index in [1.54, 1.807) is 49.6 Å². The number of carbonyl (C=O) groups excluding carboxylic acids is 2. The monoisotopic (exact) mass is 488 g/mol. The molecule has 8 heteroatoms. The maximum Gasteiger partial charge on any atom is 0.255 e. The molecule has 4 rings (SSSR count). The lowest BCUT2D eigenvalue weighted by Gasteiger charge is -2.23. The number of methoxy groups -OCH3 is 2. The summed E-state index contributed by atoms with van der Waals surface area (Å²) in [6.45, 7) is 4.06.